The number of nitrogens with zero attached hydrogens (tertiary/aromatic N) is 1. The Morgan fingerprint density at radius 3 is 2.68 bits per heavy atom. The van der Waals surface area contributed by atoms with Crippen molar-refractivity contribution < 1.29 is 27.4 Å². The van der Waals surface area contributed by atoms with Crippen LogP contribution in [0.4, 0.5) is 5.69 Å². The standard InChI is InChI=1S/C16H24N2O6S/c1-22-12-6-7-14(15(9-12)23-2)18(25(3,20)21)11-16(19)17-10-13-5-4-8-24-13/h6-7,9,13H,4-5,8,10-11H2,1-3H3,(H,17,19). The van der Waals surface area contributed by atoms with E-state index >= 15 is 0 Å². The normalized spacial score (nSPS) is 17.2. The van der Waals surface area contributed by atoms with Crippen LogP contribution in [0.5, 0.6) is 11.5 Å². The van der Waals surface area contributed by atoms with Crippen LogP contribution in [0.1, 0.15) is 12.8 Å². The van der Waals surface area contributed by atoms with Crippen molar-refractivity contribution in [2.24, 2.45) is 0 Å². The van der Waals surface area contributed by atoms with Gasteiger partial charge >= 0.3 is 0 Å². The third-order valence-corrected chi connectivity index (χ3v) is 5.02. The van der Waals surface area contributed by atoms with Gasteiger partial charge in [-0.25, -0.2) is 8.42 Å². The molecule has 1 amide bonds. The lowest BCUT2D eigenvalue weighted by Gasteiger charge is -2.24. The molecule has 0 aliphatic carbocycles. The first-order valence-corrected chi connectivity index (χ1v) is 9.78. The molecule has 1 aliphatic heterocycles. The molecule has 1 heterocycles. The quantitative estimate of drug-likeness (QED) is 0.724. The molecular formula is C16H24N2O6S. The Morgan fingerprint density at radius 2 is 2.12 bits per heavy atom. The molecule has 1 aromatic rings. The predicted molar refractivity (Wildman–Crippen MR) is 93.7 cm³/mol. The number of ether oxygens (including phenoxy) is 3. The first-order valence-electron chi connectivity index (χ1n) is 7.93. The largest absolute Gasteiger partial charge is 0.497 e. The molecule has 1 aliphatic rings. The van der Waals surface area contributed by atoms with E-state index < -0.39 is 15.9 Å². The number of carbonyl (C=O) groups is 1. The third-order valence-electron chi connectivity index (χ3n) is 3.89. The average Bonchev–Trinajstić information content (AvgIpc) is 3.10. The van der Waals surface area contributed by atoms with Crippen molar-refractivity contribution in [2.45, 2.75) is 18.9 Å². The molecular weight excluding hydrogens is 348 g/mol. The fraction of sp³-hybridized carbons (Fsp3) is 0.562. The van der Waals surface area contributed by atoms with Gasteiger partial charge in [-0.15, -0.1) is 0 Å². The predicted octanol–water partition coefficient (Wildman–Crippen LogP) is 0.765. The molecule has 0 spiro atoms. The molecule has 1 saturated heterocycles. The van der Waals surface area contributed by atoms with Crippen LogP contribution in [-0.4, -0.2) is 60.6 Å². The van der Waals surface area contributed by atoms with Gasteiger partial charge in [0.25, 0.3) is 0 Å². The highest BCUT2D eigenvalue weighted by Crippen LogP contribution is 2.33. The molecule has 1 N–H and O–H groups in total. The summed E-state index contributed by atoms with van der Waals surface area (Å²) in [5.74, 6) is 0.424. The summed E-state index contributed by atoms with van der Waals surface area (Å²) in [6.07, 6.45) is 2.90. The summed E-state index contributed by atoms with van der Waals surface area (Å²) in [7, 11) is -0.754. The van der Waals surface area contributed by atoms with E-state index in [-0.39, 0.29) is 18.3 Å². The molecule has 0 aromatic heterocycles. The first kappa shape index (κ1) is 19.3. The van der Waals surface area contributed by atoms with Crippen LogP contribution in [0.25, 0.3) is 0 Å². The van der Waals surface area contributed by atoms with Gasteiger partial charge in [-0.3, -0.25) is 9.10 Å². The Hall–Kier alpha value is -2.00. The molecule has 1 unspecified atom stereocenters. The fourth-order valence-corrected chi connectivity index (χ4v) is 3.45. The van der Waals surface area contributed by atoms with E-state index in [0.717, 1.165) is 23.4 Å². The van der Waals surface area contributed by atoms with Crippen LogP contribution in [0.3, 0.4) is 0 Å². The van der Waals surface area contributed by atoms with E-state index in [2.05, 4.69) is 5.32 Å². The lowest BCUT2D eigenvalue weighted by molar-refractivity contribution is -0.120. The number of rotatable bonds is 8. The minimum atomic E-state index is -3.68. The molecule has 8 nitrogen and oxygen atoms in total. The maximum atomic E-state index is 12.2. The van der Waals surface area contributed by atoms with Crippen molar-refractivity contribution in [1.82, 2.24) is 5.32 Å². The second kappa shape index (κ2) is 8.39. The molecule has 9 heteroatoms. The zero-order valence-corrected chi connectivity index (χ0v) is 15.5. The van der Waals surface area contributed by atoms with Crippen LogP contribution >= 0.6 is 0 Å². The van der Waals surface area contributed by atoms with E-state index in [1.54, 1.807) is 18.2 Å². The number of methoxy groups -OCH3 is 2. The minimum Gasteiger partial charge on any atom is -0.497 e. The van der Waals surface area contributed by atoms with E-state index in [9.17, 15) is 13.2 Å². The summed E-state index contributed by atoms with van der Waals surface area (Å²) >= 11 is 0. The highest BCUT2D eigenvalue weighted by Gasteiger charge is 2.25. The lowest BCUT2D eigenvalue weighted by atomic mass is 10.2. The van der Waals surface area contributed by atoms with Crippen molar-refractivity contribution >= 4 is 21.6 Å². The van der Waals surface area contributed by atoms with Gasteiger partial charge in [0.2, 0.25) is 15.9 Å². The Labute approximate surface area is 148 Å². The number of anilines is 1. The Kier molecular flexibility index (Phi) is 6.49. The monoisotopic (exact) mass is 372 g/mol. The second-order valence-corrected chi connectivity index (χ2v) is 7.65. The smallest absolute Gasteiger partial charge is 0.240 e. The SMILES string of the molecule is COc1ccc(N(CC(=O)NCC2CCCO2)S(C)(=O)=O)c(OC)c1. The van der Waals surface area contributed by atoms with E-state index in [1.165, 1.54) is 14.2 Å². The summed E-state index contributed by atoms with van der Waals surface area (Å²) in [6, 6.07) is 4.73. The van der Waals surface area contributed by atoms with Crippen molar-refractivity contribution in [2.75, 3.05) is 44.5 Å². The topological polar surface area (TPSA) is 94.2 Å². The summed E-state index contributed by atoms with van der Waals surface area (Å²) in [5, 5.41) is 2.72. The van der Waals surface area contributed by atoms with Crippen molar-refractivity contribution in [1.29, 1.82) is 0 Å². The zero-order chi connectivity index (χ0) is 18.4. The summed E-state index contributed by atoms with van der Waals surface area (Å²) in [5.41, 5.74) is 0.276. The number of sulfonamides is 1. The number of amides is 1. The van der Waals surface area contributed by atoms with Crippen molar-refractivity contribution in [3.05, 3.63) is 18.2 Å². The third kappa shape index (κ3) is 5.23. The number of nitrogens with one attached hydrogen (secondary N) is 1. The van der Waals surface area contributed by atoms with Gasteiger partial charge in [0.1, 0.15) is 18.0 Å². The number of hydrogen-bond donors (Lipinski definition) is 1. The van der Waals surface area contributed by atoms with Gasteiger partial charge in [-0.1, -0.05) is 0 Å². The Morgan fingerprint density at radius 1 is 1.36 bits per heavy atom. The zero-order valence-electron chi connectivity index (χ0n) is 14.6. The maximum Gasteiger partial charge on any atom is 0.240 e. The average molecular weight is 372 g/mol. The maximum absolute atomic E-state index is 12.2. The lowest BCUT2D eigenvalue weighted by Crippen LogP contribution is -2.42. The number of hydrogen-bond acceptors (Lipinski definition) is 6. The molecule has 0 bridgehead atoms. The molecule has 0 radical (unpaired) electrons. The van der Waals surface area contributed by atoms with Gasteiger partial charge in [0.05, 0.1) is 32.3 Å². The van der Waals surface area contributed by atoms with E-state index in [1.807, 2.05) is 0 Å². The molecule has 1 aromatic carbocycles. The van der Waals surface area contributed by atoms with Gasteiger partial charge in [-0.2, -0.15) is 0 Å². The van der Waals surface area contributed by atoms with Gasteiger partial charge < -0.3 is 19.5 Å². The molecule has 2 rings (SSSR count). The van der Waals surface area contributed by atoms with Gasteiger partial charge in [0, 0.05) is 19.2 Å². The van der Waals surface area contributed by atoms with Crippen LogP contribution in [0.15, 0.2) is 18.2 Å². The molecule has 0 saturated carbocycles. The van der Waals surface area contributed by atoms with Gasteiger partial charge in [0.15, 0.2) is 0 Å². The van der Waals surface area contributed by atoms with Gasteiger partial charge in [-0.05, 0) is 25.0 Å². The molecule has 1 fully saturated rings. The highest BCUT2D eigenvalue weighted by molar-refractivity contribution is 7.92. The fourth-order valence-electron chi connectivity index (χ4n) is 2.59. The van der Waals surface area contributed by atoms with Crippen LogP contribution in [0, 0.1) is 0 Å². The summed E-state index contributed by atoms with van der Waals surface area (Å²) < 4.78 is 41.2. The van der Waals surface area contributed by atoms with Crippen LogP contribution in [-0.2, 0) is 19.6 Å². The van der Waals surface area contributed by atoms with E-state index in [4.69, 9.17) is 14.2 Å². The van der Waals surface area contributed by atoms with Crippen LogP contribution < -0.4 is 19.1 Å². The number of benzene rings is 1. The molecule has 1 atom stereocenters. The summed E-state index contributed by atoms with van der Waals surface area (Å²) in [6.45, 7) is 0.726. The number of carbonyl (C=O) groups excluding carboxylic acids is 1. The molecule has 25 heavy (non-hydrogen) atoms. The highest BCUT2D eigenvalue weighted by atomic mass is 32.2. The Bertz CT molecular complexity index is 701. The summed E-state index contributed by atoms with van der Waals surface area (Å²) in [4.78, 5) is 12.2. The van der Waals surface area contributed by atoms with Crippen molar-refractivity contribution in [3.63, 3.8) is 0 Å². The first-order chi connectivity index (χ1) is 11.8. The molecule has 140 valence electrons. The van der Waals surface area contributed by atoms with E-state index in [0.29, 0.717) is 24.7 Å². The second-order valence-electron chi connectivity index (χ2n) is 5.75. The Balaban J connectivity index is 2.15. The van der Waals surface area contributed by atoms with Crippen molar-refractivity contribution in [3.8, 4) is 11.5 Å². The minimum absolute atomic E-state index is 0.00819. The van der Waals surface area contributed by atoms with Crippen LogP contribution in [0.2, 0.25) is 0 Å².